The standard InChI is InChI=1S/C30H44O2/c1-2-3-4-5-24-6-8-25(9-7-24)10-11-26-14-18-29(19-15-26)30-20-16-27(17-21-30)12-13-28(22-31)23-32/h6-9,14-15,18-19,27-28,30-32H,2-5,10-13,16-17,20-23H2,1H3. The van der Waals surface area contributed by atoms with Crippen molar-refractivity contribution in [2.75, 3.05) is 13.2 Å². The van der Waals surface area contributed by atoms with Crippen LogP contribution in [-0.2, 0) is 19.3 Å². The Kier molecular flexibility index (Phi) is 10.8. The summed E-state index contributed by atoms with van der Waals surface area (Å²) >= 11 is 0. The highest BCUT2D eigenvalue weighted by molar-refractivity contribution is 5.28. The molecule has 0 aliphatic heterocycles. The molecule has 0 aromatic heterocycles. The molecule has 0 amide bonds. The molecule has 2 nitrogen and oxygen atoms in total. The van der Waals surface area contributed by atoms with Crippen LogP contribution in [0.25, 0.3) is 0 Å². The van der Waals surface area contributed by atoms with Crippen molar-refractivity contribution in [2.24, 2.45) is 11.8 Å². The summed E-state index contributed by atoms with van der Waals surface area (Å²) < 4.78 is 0. The van der Waals surface area contributed by atoms with Crippen LogP contribution in [0, 0.1) is 11.8 Å². The molecule has 3 rings (SSSR count). The third-order valence-electron chi connectivity index (χ3n) is 7.59. The largest absolute Gasteiger partial charge is 0.396 e. The lowest BCUT2D eigenvalue weighted by Gasteiger charge is -2.29. The van der Waals surface area contributed by atoms with Gasteiger partial charge in [-0.2, -0.15) is 0 Å². The topological polar surface area (TPSA) is 40.5 Å². The van der Waals surface area contributed by atoms with Crippen molar-refractivity contribution in [3.05, 3.63) is 70.8 Å². The van der Waals surface area contributed by atoms with Crippen LogP contribution in [0.3, 0.4) is 0 Å². The van der Waals surface area contributed by atoms with Crippen molar-refractivity contribution >= 4 is 0 Å². The highest BCUT2D eigenvalue weighted by Gasteiger charge is 2.23. The Hall–Kier alpha value is -1.64. The highest BCUT2D eigenvalue weighted by Crippen LogP contribution is 2.38. The van der Waals surface area contributed by atoms with Crippen molar-refractivity contribution in [2.45, 2.75) is 89.9 Å². The average Bonchev–Trinajstić information content (AvgIpc) is 2.85. The Bertz CT molecular complexity index is 737. The minimum atomic E-state index is 0.0731. The average molecular weight is 437 g/mol. The van der Waals surface area contributed by atoms with Gasteiger partial charge < -0.3 is 10.2 Å². The summed E-state index contributed by atoms with van der Waals surface area (Å²) in [6, 6.07) is 18.7. The van der Waals surface area contributed by atoms with Gasteiger partial charge in [0, 0.05) is 19.1 Å². The summed E-state index contributed by atoms with van der Waals surface area (Å²) in [7, 11) is 0. The van der Waals surface area contributed by atoms with Gasteiger partial charge in [-0.05, 0) is 91.9 Å². The fourth-order valence-electron chi connectivity index (χ4n) is 5.19. The van der Waals surface area contributed by atoms with E-state index >= 15 is 0 Å². The molecule has 1 aliphatic rings. The molecule has 0 spiro atoms. The van der Waals surface area contributed by atoms with Crippen molar-refractivity contribution in [1.29, 1.82) is 0 Å². The van der Waals surface area contributed by atoms with E-state index in [-0.39, 0.29) is 19.1 Å². The molecule has 2 aromatic carbocycles. The molecule has 0 atom stereocenters. The number of hydrogen-bond donors (Lipinski definition) is 2. The van der Waals surface area contributed by atoms with Gasteiger partial charge in [0.05, 0.1) is 0 Å². The molecule has 1 aliphatic carbocycles. The summed E-state index contributed by atoms with van der Waals surface area (Å²) in [6.07, 6.45) is 14.6. The van der Waals surface area contributed by atoms with Crippen molar-refractivity contribution in [1.82, 2.24) is 0 Å². The van der Waals surface area contributed by atoms with E-state index in [1.807, 2.05) is 0 Å². The Morgan fingerprint density at radius 1 is 0.719 bits per heavy atom. The van der Waals surface area contributed by atoms with E-state index in [2.05, 4.69) is 55.5 Å². The molecule has 0 saturated heterocycles. The van der Waals surface area contributed by atoms with E-state index in [4.69, 9.17) is 0 Å². The quantitative estimate of drug-likeness (QED) is 0.337. The van der Waals surface area contributed by atoms with Gasteiger partial charge in [-0.3, -0.25) is 0 Å². The number of aliphatic hydroxyl groups excluding tert-OH is 2. The van der Waals surface area contributed by atoms with Crippen LogP contribution in [0.1, 0.15) is 92.9 Å². The van der Waals surface area contributed by atoms with Crippen LogP contribution < -0.4 is 0 Å². The van der Waals surface area contributed by atoms with Gasteiger partial charge in [0.2, 0.25) is 0 Å². The number of unbranched alkanes of at least 4 members (excludes halogenated alkanes) is 2. The number of benzene rings is 2. The SMILES string of the molecule is CCCCCc1ccc(CCc2ccc(C3CCC(CCC(CO)CO)CC3)cc2)cc1. The number of hydrogen-bond acceptors (Lipinski definition) is 2. The lowest BCUT2D eigenvalue weighted by molar-refractivity contribution is 0.134. The fourth-order valence-corrected chi connectivity index (χ4v) is 5.19. The van der Waals surface area contributed by atoms with Crippen molar-refractivity contribution in [3.63, 3.8) is 0 Å². The molecule has 176 valence electrons. The Balaban J connectivity index is 1.40. The smallest absolute Gasteiger partial charge is 0.0481 e. The van der Waals surface area contributed by atoms with Crippen LogP contribution >= 0.6 is 0 Å². The summed E-state index contributed by atoms with van der Waals surface area (Å²) in [5.41, 5.74) is 5.86. The fraction of sp³-hybridized carbons (Fsp3) is 0.600. The number of rotatable bonds is 13. The molecule has 0 unspecified atom stereocenters. The normalized spacial score (nSPS) is 18.9. The van der Waals surface area contributed by atoms with E-state index in [1.54, 1.807) is 0 Å². The Labute approximate surface area is 196 Å². The lowest BCUT2D eigenvalue weighted by atomic mass is 9.76. The van der Waals surface area contributed by atoms with Gasteiger partial charge in [0.1, 0.15) is 0 Å². The van der Waals surface area contributed by atoms with Gasteiger partial charge >= 0.3 is 0 Å². The maximum Gasteiger partial charge on any atom is 0.0481 e. The first-order chi connectivity index (χ1) is 15.7. The Morgan fingerprint density at radius 2 is 1.25 bits per heavy atom. The molecule has 1 fully saturated rings. The molecule has 2 heteroatoms. The summed E-state index contributed by atoms with van der Waals surface area (Å²) in [5, 5.41) is 18.5. The van der Waals surface area contributed by atoms with E-state index in [0.29, 0.717) is 5.92 Å². The van der Waals surface area contributed by atoms with Gasteiger partial charge in [0.15, 0.2) is 0 Å². The lowest BCUT2D eigenvalue weighted by Crippen LogP contribution is -2.17. The minimum Gasteiger partial charge on any atom is -0.396 e. The highest BCUT2D eigenvalue weighted by atomic mass is 16.3. The van der Waals surface area contributed by atoms with Crippen LogP contribution in [0.15, 0.2) is 48.5 Å². The monoisotopic (exact) mass is 436 g/mol. The second-order valence-electron chi connectivity index (χ2n) is 10.0. The van der Waals surface area contributed by atoms with Crippen LogP contribution in [-0.4, -0.2) is 23.4 Å². The molecule has 0 radical (unpaired) electrons. The Morgan fingerprint density at radius 3 is 1.78 bits per heavy atom. The van der Waals surface area contributed by atoms with Gasteiger partial charge in [-0.1, -0.05) is 74.7 Å². The van der Waals surface area contributed by atoms with Crippen molar-refractivity contribution in [3.8, 4) is 0 Å². The zero-order valence-electron chi connectivity index (χ0n) is 20.1. The third-order valence-corrected chi connectivity index (χ3v) is 7.59. The molecule has 0 heterocycles. The first-order valence-corrected chi connectivity index (χ1v) is 13.1. The van der Waals surface area contributed by atoms with E-state index in [1.165, 1.54) is 73.6 Å². The molecule has 2 N–H and O–H groups in total. The third kappa shape index (κ3) is 8.05. The molecular formula is C30H44O2. The number of aliphatic hydroxyl groups is 2. The summed E-state index contributed by atoms with van der Waals surface area (Å²) in [5.74, 6) is 1.54. The van der Waals surface area contributed by atoms with Crippen LogP contribution in [0.5, 0.6) is 0 Å². The molecule has 1 saturated carbocycles. The number of aryl methyl sites for hydroxylation is 3. The summed E-state index contributed by atoms with van der Waals surface area (Å²) in [6.45, 7) is 2.49. The maximum atomic E-state index is 9.26. The van der Waals surface area contributed by atoms with E-state index in [0.717, 1.165) is 31.6 Å². The first-order valence-electron chi connectivity index (χ1n) is 13.1. The van der Waals surface area contributed by atoms with Gasteiger partial charge in [-0.25, -0.2) is 0 Å². The predicted molar refractivity (Wildman–Crippen MR) is 135 cm³/mol. The second kappa shape index (κ2) is 13.8. The maximum absolute atomic E-state index is 9.26. The molecular weight excluding hydrogens is 392 g/mol. The summed E-state index contributed by atoms with van der Waals surface area (Å²) in [4.78, 5) is 0. The molecule has 2 aromatic rings. The zero-order valence-corrected chi connectivity index (χ0v) is 20.1. The van der Waals surface area contributed by atoms with Crippen LogP contribution in [0.4, 0.5) is 0 Å². The minimum absolute atomic E-state index is 0.0731. The molecule has 0 bridgehead atoms. The van der Waals surface area contributed by atoms with E-state index < -0.39 is 0 Å². The van der Waals surface area contributed by atoms with E-state index in [9.17, 15) is 10.2 Å². The predicted octanol–water partition coefficient (Wildman–Crippen LogP) is 6.86. The van der Waals surface area contributed by atoms with Gasteiger partial charge in [-0.15, -0.1) is 0 Å². The van der Waals surface area contributed by atoms with Crippen LogP contribution in [0.2, 0.25) is 0 Å². The first kappa shape index (κ1) is 25.0. The second-order valence-corrected chi connectivity index (χ2v) is 10.0. The van der Waals surface area contributed by atoms with Gasteiger partial charge in [0.25, 0.3) is 0 Å². The molecule has 32 heavy (non-hydrogen) atoms. The zero-order chi connectivity index (χ0) is 22.6. The van der Waals surface area contributed by atoms with Crippen molar-refractivity contribution < 1.29 is 10.2 Å².